The van der Waals surface area contributed by atoms with Crippen LogP contribution in [0.15, 0.2) is 31.1 Å². The highest BCUT2D eigenvalue weighted by molar-refractivity contribution is 14.1. The summed E-state index contributed by atoms with van der Waals surface area (Å²) in [6.07, 6.45) is 5.29. The lowest BCUT2D eigenvalue weighted by Gasteiger charge is -1.84. The number of nitrogens with zero attached hydrogens (tertiary/aromatic N) is 1. The van der Waals surface area contributed by atoms with Gasteiger partial charge in [0.2, 0.25) is 0 Å². The van der Waals surface area contributed by atoms with E-state index in [0.29, 0.717) is 0 Å². The summed E-state index contributed by atoms with van der Waals surface area (Å²) < 4.78 is 0. The summed E-state index contributed by atoms with van der Waals surface area (Å²) >= 11 is 2.15. The van der Waals surface area contributed by atoms with Crippen molar-refractivity contribution in [3.63, 3.8) is 0 Å². The van der Waals surface area contributed by atoms with Gasteiger partial charge in [-0.15, -0.1) is 0 Å². The number of halogens is 1. The second-order valence-corrected chi connectivity index (χ2v) is 1.48. The Kier molecular flexibility index (Phi) is 6.48. The lowest BCUT2D eigenvalue weighted by Crippen LogP contribution is -1.69. The Hall–Kier alpha value is -0.380. The molecule has 0 N–H and O–H groups in total. The molecule has 1 heterocycles. The van der Waals surface area contributed by atoms with Crippen molar-refractivity contribution >= 4 is 28.7 Å². The van der Waals surface area contributed by atoms with Gasteiger partial charge in [0.15, 0.2) is 0 Å². The highest BCUT2D eigenvalue weighted by Gasteiger charge is 1.76. The second-order valence-electron chi connectivity index (χ2n) is 1.48. The molecular formula is C8H10IN. The van der Waals surface area contributed by atoms with Crippen LogP contribution in [0, 0.1) is 0 Å². The molecule has 1 aromatic rings. The van der Waals surface area contributed by atoms with Crippen molar-refractivity contribution in [2.24, 2.45) is 0 Å². The third-order valence-corrected chi connectivity index (χ3v) is 0.942. The maximum atomic E-state index is 3.85. The fourth-order valence-corrected chi connectivity index (χ4v) is 0.500. The van der Waals surface area contributed by atoms with Gasteiger partial charge in [0, 0.05) is 12.4 Å². The van der Waals surface area contributed by atoms with Gasteiger partial charge in [-0.1, -0.05) is 35.2 Å². The molecule has 0 aliphatic heterocycles. The van der Waals surface area contributed by atoms with E-state index in [9.17, 15) is 0 Å². The normalized spacial score (nSPS) is 7.40. The Morgan fingerprint density at radius 2 is 1.90 bits per heavy atom. The summed E-state index contributed by atoms with van der Waals surface area (Å²) in [5.74, 6) is 0. The van der Waals surface area contributed by atoms with Crippen molar-refractivity contribution < 1.29 is 0 Å². The van der Waals surface area contributed by atoms with E-state index >= 15 is 0 Å². The molecule has 0 atom stereocenters. The minimum Gasteiger partial charge on any atom is -0.265 e. The predicted molar refractivity (Wildman–Crippen MR) is 54.3 cm³/mol. The SMILES string of the molecule is C=Cc1ccncc1.CI. The number of hydrogen-bond donors (Lipinski definition) is 0. The van der Waals surface area contributed by atoms with Gasteiger partial charge >= 0.3 is 0 Å². The quantitative estimate of drug-likeness (QED) is 0.549. The number of rotatable bonds is 1. The van der Waals surface area contributed by atoms with Gasteiger partial charge in [-0.3, -0.25) is 4.98 Å². The topological polar surface area (TPSA) is 12.9 Å². The lowest BCUT2D eigenvalue weighted by atomic mass is 10.3. The zero-order chi connectivity index (χ0) is 7.82. The van der Waals surface area contributed by atoms with Crippen molar-refractivity contribution in [3.05, 3.63) is 36.7 Å². The molecule has 0 saturated heterocycles. The van der Waals surface area contributed by atoms with E-state index in [2.05, 4.69) is 34.2 Å². The molecule has 1 nitrogen and oxygen atoms in total. The minimum atomic E-state index is 1.11. The predicted octanol–water partition coefficient (Wildman–Crippen LogP) is 2.78. The van der Waals surface area contributed by atoms with Crippen LogP contribution in [0.2, 0.25) is 0 Å². The van der Waals surface area contributed by atoms with Crippen LogP contribution in [0.3, 0.4) is 0 Å². The maximum Gasteiger partial charge on any atom is 0.0273 e. The Labute approximate surface area is 75.3 Å². The van der Waals surface area contributed by atoms with E-state index in [-0.39, 0.29) is 0 Å². The van der Waals surface area contributed by atoms with Gasteiger partial charge in [-0.25, -0.2) is 0 Å². The van der Waals surface area contributed by atoms with Gasteiger partial charge in [-0.05, 0) is 22.6 Å². The molecule has 1 rings (SSSR count). The van der Waals surface area contributed by atoms with Crippen LogP contribution in [0.25, 0.3) is 6.08 Å². The van der Waals surface area contributed by atoms with E-state index in [1.54, 1.807) is 18.5 Å². The summed E-state index contributed by atoms with van der Waals surface area (Å²) in [5.41, 5.74) is 1.11. The first-order valence-corrected chi connectivity index (χ1v) is 4.99. The molecule has 1 aromatic heterocycles. The van der Waals surface area contributed by atoms with Gasteiger partial charge < -0.3 is 0 Å². The largest absolute Gasteiger partial charge is 0.265 e. The van der Waals surface area contributed by atoms with Crippen LogP contribution in [-0.4, -0.2) is 9.91 Å². The third kappa shape index (κ3) is 3.61. The van der Waals surface area contributed by atoms with E-state index in [0.717, 1.165) is 5.56 Å². The highest BCUT2D eigenvalue weighted by atomic mass is 127. The van der Waals surface area contributed by atoms with Crippen LogP contribution in [0.4, 0.5) is 0 Å². The van der Waals surface area contributed by atoms with Crippen LogP contribution in [-0.2, 0) is 0 Å². The monoisotopic (exact) mass is 247 g/mol. The third-order valence-electron chi connectivity index (χ3n) is 0.942. The average molecular weight is 247 g/mol. The Morgan fingerprint density at radius 1 is 1.40 bits per heavy atom. The van der Waals surface area contributed by atoms with Crippen molar-refractivity contribution in [2.75, 3.05) is 4.93 Å². The minimum absolute atomic E-state index is 1.11. The van der Waals surface area contributed by atoms with Crippen LogP contribution < -0.4 is 0 Å². The summed E-state index contributed by atoms with van der Waals surface area (Å²) in [4.78, 5) is 5.82. The standard InChI is InChI=1S/C7H7N.CH3I/c1-2-7-3-5-8-6-4-7;1-2/h2-6H,1H2;1H3. The van der Waals surface area contributed by atoms with Gasteiger partial charge in [0.05, 0.1) is 0 Å². The van der Waals surface area contributed by atoms with Crippen molar-refractivity contribution in [1.82, 2.24) is 4.98 Å². The zero-order valence-electron chi connectivity index (χ0n) is 5.92. The molecule has 0 bridgehead atoms. The maximum absolute atomic E-state index is 3.85. The first-order chi connectivity index (χ1) is 4.93. The molecule has 2 heteroatoms. The van der Waals surface area contributed by atoms with E-state index in [4.69, 9.17) is 0 Å². The molecule has 0 unspecified atom stereocenters. The molecule has 0 amide bonds. The van der Waals surface area contributed by atoms with Gasteiger partial charge in [0.1, 0.15) is 0 Å². The van der Waals surface area contributed by atoms with E-state index in [1.807, 2.05) is 17.1 Å². The number of pyridine rings is 1. The lowest BCUT2D eigenvalue weighted by molar-refractivity contribution is 1.32. The molecule has 0 radical (unpaired) electrons. The number of aromatic nitrogens is 1. The van der Waals surface area contributed by atoms with Crippen molar-refractivity contribution in [3.8, 4) is 0 Å². The number of hydrogen-bond acceptors (Lipinski definition) is 1. The average Bonchev–Trinajstić information content (AvgIpc) is 2.10. The zero-order valence-corrected chi connectivity index (χ0v) is 8.08. The smallest absolute Gasteiger partial charge is 0.0273 e. The first-order valence-electron chi connectivity index (χ1n) is 2.84. The molecule has 0 aromatic carbocycles. The Balaban J connectivity index is 0.000000371. The van der Waals surface area contributed by atoms with Crippen molar-refractivity contribution in [2.45, 2.75) is 0 Å². The summed E-state index contributed by atoms with van der Waals surface area (Å²) in [5, 5.41) is 0. The molecule has 0 aliphatic rings. The molecule has 0 fully saturated rings. The molecule has 10 heavy (non-hydrogen) atoms. The van der Waals surface area contributed by atoms with Crippen LogP contribution in [0.5, 0.6) is 0 Å². The second kappa shape index (κ2) is 6.74. The van der Waals surface area contributed by atoms with Crippen LogP contribution >= 0.6 is 22.6 Å². The Bertz CT molecular complexity index is 172. The van der Waals surface area contributed by atoms with Crippen molar-refractivity contribution in [1.29, 1.82) is 0 Å². The number of alkyl halides is 1. The van der Waals surface area contributed by atoms with Gasteiger partial charge in [0.25, 0.3) is 0 Å². The first kappa shape index (κ1) is 9.62. The Morgan fingerprint density at radius 3 is 2.20 bits per heavy atom. The van der Waals surface area contributed by atoms with Gasteiger partial charge in [-0.2, -0.15) is 0 Å². The molecule has 54 valence electrons. The molecule has 0 aliphatic carbocycles. The molecule has 0 saturated carbocycles. The molecule has 0 spiro atoms. The fourth-order valence-electron chi connectivity index (χ4n) is 0.500. The molecular weight excluding hydrogens is 237 g/mol. The van der Waals surface area contributed by atoms with Crippen LogP contribution in [0.1, 0.15) is 5.56 Å². The summed E-state index contributed by atoms with van der Waals surface area (Å²) in [6, 6.07) is 3.82. The highest BCUT2D eigenvalue weighted by Crippen LogP contribution is 1.94. The fraction of sp³-hybridized carbons (Fsp3) is 0.125. The van der Waals surface area contributed by atoms with E-state index in [1.165, 1.54) is 0 Å². The van der Waals surface area contributed by atoms with E-state index < -0.39 is 0 Å². The summed E-state index contributed by atoms with van der Waals surface area (Å²) in [7, 11) is 0. The summed E-state index contributed by atoms with van der Waals surface area (Å²) in [6.45, 7) is 3.60.